The van der Waals surface area contributed by atoms with Crippen molar-refractivity contribution in [3.05, 3.63) is 36.4 Å². The Balaban J connectivity index is 2.60. The summed E-state index contributed by atoms with van der Waals surface area (Å²) in [7, 11) is 0. The molecule has 1 aromatic rings. The summed E-state index contributed by atoms with van der Waals surface area (Å²) in [4.78, 5) is 11.2. The van der Waals surface area contributed by atoms with Gasteiger partial charge in [-0.1, -0.05) is 12.1 Å². The van der Waals surface area contributed by atoms with Crippen LogP contribution in [0.25, 0.3) is 0 Å². The molecule has 80 valence electrons. The van der Waals surface area contributed by atoms with E-state index >= 15 is 0 Å². The lowest BCUT2D eigenvalue weighted by atomic mass is 10.2. The van der Waals surface area contributed by atoms with Crippen LogP contribution in [0.5, 0.6) is 11.5 Å². The van der Waals surface area contributed by atoms with Gasteiger partial charge in [-0.05, 0) is 25.0 Å². The first-order valence-corrected chi connectivity index (χ1v) is 4.74. The van der Waals surface area contributed by atoms with E-state index in [4.69, 9.17) is 4.74 Å². The quantitative estimate of drug-likeness (QED) is 0.468. The highest BCUT2D eigenvalue weighted by Gasteiger charge is 2.05. The van der Waals surface area contributed by atoms with Crippen LogP contribution in [0.1, 0.15) is 18.4 Å². The maximum atomic E-state index is 11.2. The molecule has 0 amide bonds. The van der Waals surface area contributed by atoms with Gasteiger partial charge in [0.1, 0.15) is 11.5 Å². The second kappa shape index (κ2) is 5.20. The van der Waals surface area contributed by atoms with E-state index in [2.05, 4.69) is 6.58 Å². The van der Waals surface area contributed by atoms with E-state index in [9.17, 15) is 9.90 Å². The smallest absolute Gasteiger partial charge is 0.311 e. The molecule has 0 radical (unpaired) electrons. The first kappa shape index (κ1) is 11.3. The standard InChI is InChI=1S/C12H14O3/c1-3-4-5-12(14)15-10-7-6-9(2)11(13)8-10/h3,6-8,13H,1,4-5H2,2H3. The molecule has 0 aromatic heterocycles. The molecule has 0 saturated carbocycles. The van der Waals surface area contributed by atoms with E-state index in [1.807, 2.05) is 0 Å². The third kappa shape index (κ3) is 3.46. The zero-order valence-electron chi connectivity index (χ0n) is 8.69. The Morgan fingerprint density at radius 3 is 2.93 bits per heavy atom. The topological polar surface area (TPSA) is 46.5 Å². The number of carbonyl (C=O) groups is 1. The van der Waals surface area contributed by atoms with Crippen molar-refractivity contribution in [2.75, 3.05) is 0 Å². The van der Waals surface area contributed by atoms with Gasteiger partial charge in [-0.15, -0.1) is 6.58 Å². The Kier molecular flexibility index (Phi) is 3.92. The first-order valence-electron chi connectivity index (χ1n) is 4.74. The van der Waals surface area contributed by atoms with Gasteiger partial charge in [0.25, 0.3) is 0 Å². The van der Waals surface area contributed by atoms with Gasteiger partial charge in [-0.3, -0.25) is 4.79 Å². The largest absolute Gasteiger partial charge is 0.508 e. The number of rotatable bonds is 4. The number of carbonyl (C=O) groups excluding carboxylic acids is 1. The molecule has 1 N–H and O–H groups in total. The Hall–Kier alpha value is -1.77. The third-order valence-electron chi connectivity index (χ3n) is 1.96. The van der Waals surface area contributed by atoms with Crippen LogP contribution >= 0.6 is 0 Å². The fraction of sp³-hybridized carbons (Fsp3) is 0.250. The maximum absolute atomic E-state index is 11.2. The highest BCUT2D eigenvalue weighted by molar-refractivity contribution is 5.72. The lowest BCUT2D eigenvalue weighted by Gasteiger charge is -2.04. The SMILES string of the molecule is C=CCCC(=O)Oc1ccc(C)c(O)c1. The van der Waals surface area contributed by atoms with Crippen LogP contribution in [0, 0.1) is 6.92 Å². The van der Waals surface area contributed by atoms with Crippen LogP contribution in [0.15, 0.2) is 30.9 Å². The van der Waals surface area contributed by atoms with E-state index in [1.54, 1.807) is 25.1 Å². The Morgan fingerprint density at radius 1 is 1.60 bits per heavy atom. The summed E-state index contributed by atoms with van der Waals surface area (Å²) in [6.07, 6.45) is 2.56. The second-order valence-corrected chi connectivity index (χ2v) is 3.25. The number of hydrogen-bond donors (Lipinski definition) is 1. The van der Waals surface area contributed by atoms with Gasteiger partial charge in [0.2, 0.25) is 0 Å². The molecule has 0 fully saturated rings. The monoisotopic (exact) mass is 206 g/mol. The molecule has 0 saturated heterocycles. The van der Waals surface area contributed by atoms with E-state index in [0.717, 1.165) is 5.56 Å². The molecule has 1 rings (SSSR count). The summed E-state index contributed by atoms with van der Waals surface area (Å²) in [5.74, 6) is 0.175. The fourth-order valence-corrected chi connectivity index (χ4v) is 1.06. The number of aromatic hydroxyl groups is 1. The van der Waals surface area contributed by atoms with Gasteiger partial charge in [-0.25, -0.2) is 0 Å². The molecular weight excluding hydrogens is 192 g/mol. The minimum atomic E-state index is -0.321. The molecule has 0 aliphatic heterocycles. The highest BCUT2D eigenvalue weighted by atomic mass is 16.5. The first-order chi connectivity index (χ1) is 7.13. The zero-order valence-corrected chi connectivity index (χ0v) is 8.69. The molecule has 0 atom stereocenters. The maximum Gasteiger partial charge on any atom is 0.311 e. The van der Waals surface area contributed by atoms with Gasteiger partial charge in [0.15, 0.2) is 0 Å². The minimum absolute atomic E-state index is 0.129. The van der Waals surface area contributed by atoms with Gasteiger partial charge >= 0.3 is 5.97 Å². The van der Waals surface area contributed by atoms with Gasteiger partial charge in [-0.2, -0.15) is 0 Å². The molecule has 3 heteroatoms. The fourth-order valence-electron chi connectivity index (χ4n) is 1.06. The molecule has 0 spiro atoms. The van der Waals surface area contributed by atoms with E-state index < -0.39 is 0 Å². The number of phenols is 1. The summed E-state index contributed by atoms with van der Waals surface area (Å²) in [5.41, 5.74) is 0.751. The average Bonchev–Trinajstić information content (AvgIpc) is 2.20. The summed E-state index contributed by atoms with van der Waals surface area (Å²) in [6.45, 7) is 5.29. The molecule has 3 nitrogen and oxygen atoms in total. The summed E-state index contributed by atoms with van der Waals surface area (Å²) < 4.78 is 5.01. The summed E-state index contributed by atoms with van der Waals surface area (Å²) >= 11 is 0. The third-order valence-corrected chi connectivity index (χ3v) is 1.96. The van der Waals surface area contributed by atoms with E-state index in [1.165, 1.54) is 6.07 Å². The molecular formula is C12H14O3. The van der Waals surface area contributed by atoms with Crippen molar-refractivity contribution in [2.24, 2.45) is 0 Å². The number of esters is 1. The molecule has 0 bridgehead atoms. The van der Waals surface area contributed by atoms with Crippen molar-refractivity contribution >= 4 is 5.97 Å². The normalized spacial score (nSPS) is 9.67. The second-order valence-electron chi connectivity index (χ2n) is 3.25. The number of benzene rings is 1. The van der Waals surface area contributed by atoms with Crippen LogP contribution < -0.4 is 4.74 Å². The number of aryl methyl sites for hydroxylation is 1. The summed E-state index contributed by atoms with van der Waals surface area (Å²) in [5, 5.41) is 9.38. The van der Waals surface area contributed by atoms with Crippen LogP contribution in [0.4, 0.5) is 0 Å². The molecule has 0 aliphatic rings. The Morgan fingerprint density at radius 2 is 2.33 bits per heavy atom. The van der Waals surface area contributed by atoms with E-state index in [0.29, 0.717) is 18.6 Å². The van der Waals surface area contributed by atoms with Crippen molar-refractivity contribution in [1.29, 1.82) is 0 Å². The Labute approximate surface area is 89.0 Å². The predicted octanol–water partition coefficient (Wildman–Crippen LogP) is 2.57. The van der Waals surface area contributed by atoms with Gasteiger partial charge in [0.05, 0.1) is 0 Å². The predicted molar refractivity (Wildman–Crippen MR) is 57.9 cm³/mol. The molecule has 15 heavy (non-hydrogen) atoms. The van der Waals surface area contributed by atoms with Gasteiger partial charge < -0.3 is 9.84 Å². The van der Waals surface area contributed by atoms with Crippen LogP contribution in [0.2, 0.25) is 0 Å². The lowest BCUT2D eigenvalue weighted by Crippen LogP contribution is -2.06. The molecule has 1 aromatic carbocycles. The van der Waals surface area contributed by atoms with Crippen LogP contribution in [0.3, 0.4) is 0 Å². The lowest BCUT2D eigenvalue weighted by molar-refractivity contribution is -0.134. The van der Waals surface area contributed by atoms with Crippen LogP contribution in [-0.2, 0) is 4.79 Å². The molecule has 0 unspecified atom stereocenters. The zero-order chi connectivity index (χ0) is 11.3. The van der Waals surface area contributed by atoms with Crippen molar-refractivity contribution in [3.63, 3.8) is 0 Å². The molecule has 0 aliphatic carbocycles. The summed E-state index contributed by atoms with van der Waals surface area (Å²) in [6, 6.07) is 4.79. The number of ether oxygens (including phenoxy) is 1. The number of phenolic OH excluding ortho intramolecular Hbond substituents is 1. The van der Waals surface area contributed by atoms with Gasteiger partial charge in [0, 0.05) is 12.5 Å². The van der Waals surface area contributed by atoms with Crippen molar-refractivity contribution in [1.82, 2.24) is 0 Å². The average molecular weight is 206 g/mol. The van der Waals surface area contributed by atoms with E-state index in [-0.39, 0.29) is 11.7 Å². The van der Waals surface area contributed by atoms with Crippen molar-refractivity contribution < 1.29 is 14.6 Å². The number of allylic oxidation sites excluding steroid dienone is 1. The Bertz CT molecular complexity index is 369. The number of hydrogen-bond acceptors (Lipinski definition) is 3. The van der Waals surface area contributed by atoms with Crippen molar-refractivity contribution in [2.45, 2.75) is 19.8 Å². The molecule has 0 heterocycles. The van der Waals surface area contributed by atoms with Crippen LogP contribution in [-0.4, -0.2) is 11.1 Å². The highest BCUT2D eigenvalue weighted by Crippen LogP contribution is 2.22. The van der Waals surface area contributed by atoms with Crippen molar-refractivity contribution in [3.8, 4) is 11.5 Å². The minimum Gasteiger partial charge on any atom is -0.508 e.